The van der Waals surface area contributed by atoms with Crippen molar-refractivity contribution in [2.45, 2.75) is 0 Å². The van der Waals surface area contributed by atoms with Crippen LogP contribution < -0.4 is 0 Å². The van der Waals surface area contributed by atoms with Gasteiger partial charge >= 0.3 is 0 Å². The van der Waals surface area contributed by atoms with Gasteiger partial charge in [-0.15, -0.1) is 11.3 Å². The molecule has 14 heavy (non-hydrogen) atoms. The molecule has 1 radical (unpaired) electrons. The number of hydrogen-bond donors (Lipinski definition) is 0. The third-order valence-corrected chi connectivity index (χ3v) is 3.08. The topological polar surface area (TPSA) is 25.8 Å². The number of rotatable bonds is 0. The Hall–Kier alpha value is -0.831. The molecule has 3 aromatic rings. The maximum atomic E-state index is 4.32. The van der Waals surface area contributed by atoms with Crippen LogP contribution in [0.25, 0.3) is 20.4 Å². The zero-order chi connectivity index (χ0) is 8.67. The van der Waals surface area contributed by atoms with Crippen LogP contribution in [0.1, 0.15) is 0 Å². The minimum Gasteiger partial charge on any atom is -0.253 e. The number of pyridine rings is 2. The van der Waals surface area contributed by atoms with Crippen molar-refractivity contribution in [2.24, 2.45) is 0 Å². The molecule has 0 spiro atoms. The molecule has 0 bridgehead atoms. The van der Waals surface area contributed by atoms with Crippen molar-refractivity contribution < 1.29 is 20.1 Å². The Morgan fingerprint density at radius 1 is 0.857 bits per heavy atom. The van der Waals surface area contributed by atoms with Gasteiger partial charge in [0, 0.05) is 32.5 Å². The van der Waals surface area contributed by atoms with Crippen molar-refractivity contribution in [1.82, 2.24) is 9.97 Å². The molecule has 0 fully saturated rings. The van der Waals surface area contributed by atoms with Gasteiger partial charge < -0.3 is 0 Å². The molecular formula is C10H6IrN2S. The van der Waals surface area contributed by atoms with Crippen LogP contribution in [0.4, 0.5) is 0 Å². The Balaban J connectivity index is 0.000000750. The Morgan fingerprint density at radius 3 is 1.86 bits per heavy atom. The maximum absolute atomic E-state index is 4.32. The summed E-state index contributed by atoms with van der Waals surface area (Å²) in [5.41, 5.74) is 2.03. The fourth-order valence-corrected chi connectivity index (χ4v) is 2.44. The van der Waals surface area contributed by atoms with Crippen molar-refractivity contribution in [3.8, 4) is 0 Å². The molecule has 0 aliphatic heterocycles. The molecule has 0 aliphatic carbocycles. The molecule has 0 atom stereocenters. The zero-order valence-corrected chi connectivity index (χ0v) is 10.3. The molecule has 0 aromatic carbocycles. The Kier molecular flexibility index (Phi) is 2.59. The van der Waals surface area contributed by atoms with E-state index in [9.17, 15) is 0 Å². The zero-order valence-electron chi connectivity index (χ0n) is 7.10. The van der Waals surface area contributed by atoms with E-state index in [-0.39, 0.29) is 20.1 Å². The standard InChI is InChI=1S/C10H6N2S.Ir/c1-3-7-9(11-5-1)10-8(13-7)4-2-6-12-10;/h1-6H;. The molecule has 0 aliphatic rings. The van der Waals surface area contributed by atoms with E-state index >= 15 is 0 Å². The molecule has 71 valence electrons. The van der Waals surface area contributed by atoms with Gasteiger partial charge in [0.25, 0.3) is 0 Å². The fraction of sp³-hybridized carbons (Fsp3) is 0. The monoisotopic (exact) mass is 379 g/mol. The summed E-state index contributed by atoms with van der Waals surface area (Å²) in [5.74, 6) is 0. The normalized spacial score (nSPS) is 10.3. The predicted molar refractivity (Wildman–Crippen MR) is 54.9 cm³/mol. The van der Waals surface area contributed by atoms with E-state index in [1.54, 1.807) is 11.3 Å². The average molecular weight is 378 g/mol. The molecular weight excluding hydrogens is 372 g/mol. The van der Waals surface area contributed by atoms with Crippen molar-refractivity contribution in [1.29, 1.82) is 0 Å². The van der Waals surface area contributed by atoms with E-state index in [0.29, 0.717) is 0 Å². The van der Waals surface area contributed by atoms with Gasteiger partial charge in [-0.1, -0.05) is 0 Å². The molecule has 3 aromatic heterocycles. The van der Waals surface area contributed by atoms with E-state index in [1.165, 1.54) is 9.40 Å². The summed E-state index contributed by atoms with van der Waals surface area (Å²) in [6.45, 7) is 0. The van der Waals surface area contributed by atoms with Crippen molar-refractivity contribution in [3.63, 3.8) is 0 Å². The first-order valence-corrected chi connectivity index (χ1v) is 4.85. The van der Waals surface area contributed by atoms with E-state index < -0.39 is 0 Å². The second-order valence-electron chi connectivity index (χ2n) is 2.80. The largest absolute Gasteiger partial charge is 0.253 e. The van der Waals surface area contributed by atoms with E-state index in [4.69, 9.17) is 0 Å². The second-order valence-corrected chi connectivity index (χ2v) is 3.89. The van der Waals surface area contributed by atoms with Gasteiger partial charge in [0.2, 0.25) is 0 Å². The number of nitrogens with zero attached hydrogens (tertiary/aromatic N) is 2. The molecule has 4 heteroatoms. The molecule has 3 rings (SSSR count). The molecule has 3 heterocycles. The molecule has 0 amide bonds. The van der Waals surface area contributed by atoms with E-state index in [1.807, 2.05) is 24.5 Å². The third-order valence-electron chi connectivity index (χ3n) is 1.99. The molecule has 0 unspecified atom stereocenters. The van der Waals surface area contributed by atoms with Crippen LogP contribution in [0, 0.1) is 0 Å². The summed E-state index contributed by atoms with van der Waals surface area (Å²) < 4.78 is 2.41. The van der Waals surface area contributed by atoms with Gasteiger partial charge in [0.15, 0.2) is 0 Å². The first kappa shape index (κ1) is 9.71. The second kappa shape index (κ2) is 3.73. The summed E-state index contributed by atoms with van der Waals surface area (Å²) in [4.78, 5) is 8.63. The SMILES string of the molecule is [Ir].c1cnc2c(c1)sc1cccnc12. The van der Waals surface area contributed by atoms with Crippen LogP contribution in [0.3, 0.4) is 0 Å². The summed E-state index contributed by atoms with van der Waals surface area (Å²) in [6, 6.07) is 8.07. The Bertz CT molecular complexity index is 526. The van der Waals surface area contributed by atoms with E-state index in [2.05, 4.69) is 22.1 Å². The number of hydrogen-bond acceptors (Lipinski definition) is 3. The first-order valence-electron chi connectivity index (χ1n) is 4.03. The average Bonchev–Trinajstić information content (AvgIpc) is 2.56. The van der Waals surface area contributed by atoms with Crippen LogP contribution in [0.5, 0.6) is 0 Å². The summed E-state index contributed by atoms with van der Waals surface area (Å²) in [5, 5.41) is 0. The number of aromatic nitrogens is 2. The van der Waals surface area contributed by atoms with Crippen LogP contribution in [0.15, 0.2) is 36.7 Å². The summed E-state index contributed by atoms with van der Waals surface area (Å²) in [6.07, 6.45) is 3.62. The predicted octanol–water partition coefficient (Wildman–Crippen LogP) is 2.84. The third kappa shape index (κ3) is 1.36. The van der Waals surface area contributed by atoms with Crippen LogP contribution in [-0.2, 0) is 20.1 Å². The maximum Gasteiger partial charge on any atom is 0.107 e. The van der Waals surface area contributed by atoms with Gasteiger partial charge in [0.1, 0.15) is 11.0 Å². The fourth-order valence-electron chi connectivity index (χ4n) is 1.42. The molecule has 0 saturated heterocycles. The van der Waals surface area contributed by atoms with Crippen molar-refractivity contribution >= 4 is 31.8 Å². The number of thiophene rings is 1. The smallest absolute Gasteiger partial charge is 0.107 e. The van der Waals surface area contributed by atoms with E-state index in [0.717, 1.165) is 11.0 Å². The minimum absolute atomic E-state index is 0. The van der Waals surface area contributed by atoms with Gasteiger partial charge in [0.05, 0.1) is 9.40 Å². The van der Waals surface area contributed by atoms with Crippen LogP contribution in [0.2, 0.25) is 0 Å². The molecule has 2 nitrogen and oxygen atoms in total. The number of fused-ring (bicyclic) bond motifs is 3. The summed E-state index contributed by atoms with van der Waals surface area (Å²) >= 11 is 1.74. The van der Waals surface area contributed by atoms with Gasteiger partial charge in [-0.2, -0.15) is 0 Å². The molecule has 0 N–H and O–H groups in total. The van der Waals surface area contributed by atoms with Crippen LogP contribution >= 0.6 is 11.3 Å². The molecule has 0 saturated carbocycles. The van der Waals surface area contributed by atoms with Crippen molar-refractivity contribution in [2.75, 3.05) is 0 Å². The quantitative estimate of drug-likeness (QED) is 0.601. The van der Waals surface area contributed by atoms with Gasteiger partial charge in [-0.3, -0.25) is 9.97 Å². The summed E-state index contributed by atoms with van der Waals surface area (Å²) in [7, 11) is 0. The Labute approximate surface area is 98.4 Å². The minimum atomic E-state index is 0. The first-order chi connectivity index (χ1) is 6.45. The van der Waals surface area contributed by atoms with Gasteiger partial charge in [-0.05, 0) is 24.3 Å². The van der Waals surface area contributed by atoms with Gasteiger partial charge in [-0.25, -0.2) is 0 Å². The van der Waals surface area contributed by atoms with Crippen LogP contribution in [-0.4, -0.2) is 9.97 Å². The van der Waals surface area contributed by atoms with Crippen molar-refractivity contribution in [3.05, 3.63) is 36.7 Å². The Morgan fingerprint density at radius 2 is 1.36 bits per heavy atom.